The number of nitrogens with zero attached hydrogens (tertiary/aromatic N) is 2. The van der Waals surface area contributed by atoms with E-state index in [1.54, 1.807) is 24.3 Å². The summed E-state index contributed by atoms with van der Waals surface area (Å²) in [6.45, 7) is 3.88. The molecule has 2 N–H and O–H groups in total. The third-order valence-corrected chi connectivity index (χ3v) is 5.56. The highest BCUT2D eigenvalue weighted by Crippen LogP contribution is 2.21. The second-order valence-electron chi connectivity index (χ2n) is 8.21. The van der Waals surface area contributed by atoms with E-state index in [0.717, 1.165) is 33.2 Å². The van der Waals surface area contributed by atoms with Gasteiger partial charge in [-0.05, 0) is 80.6 Å². The number of amides is 2. The summed E-state index contributed by atoms with van der Waals surface area (Å²) in [6.07, 6.45) is 0. The zero-order valence-electron chi connectivity index (χ0n) is 18.8. The zero-order valence-corrected chi connectivity index (χ0v) is 18.8. The van der Waals surface area contributed by atoms with Crippen LogP contribution < -0.4 is 10.6 Å². The topological polar surface area (TPSA) is 84.0 Å². The van der Waals surface area contributed by atoms with Gasteiger partial charge in [-0.3, -0.25) is 19.6 Å². The SMILES string of the molecule is Cc1ccc2cc(NC(=O)c3cccc(C(=O)Nc4ccc5nc(C)ccc5c4)c3)ccc2n1. The Hall–Kier alpha value is -4.58. The van der Waals surface area contributed by atoms with Crippen LogP contribution >= 0.6 is 0 Å². The van der Waals surface area contributed by atoms with Gasteiger partial charge in [-0.15, -0.1) is 0 Å². The van der Waals surface area contributed by atoms with Crippen molar-refractivity contribution in [1.29, 1.82) is 0 Å². The van der Waals surface area contributed by atoms with E-state index in [9.17, 15) is 9.59 Å². The van der Waals surface area contributed by atoms with Crippen LogP contribution in [0.1, 0.15) is 32.1 Å². The molecule has 0 bridgehead atoms. The fourth-order valence-electron chi connectivity index (χ4n) is 3.82. The minimum Gasteiger partial charge on any atom is -0.322 e. The standard InChI is InChI=1S/C28H22N4O2/c1-17-6-8-19-15-23(10-12-25(19)29-17)31-27(33)21-4-3-5-22(14-21)28(34)32-24-11-13-26-20(16-24)9-7-18(2)30-26/h3-16H,1-2H3,(H,31,33)(H,32,34). The normalized spacial score (nSPS) is 10.9. The summed E-state index contributed by atoms with van der Waals surface area (Å²) >= 11 is 0. The maximum Gasteiger partial charge on any atom is 0.255 e. The first-order chi connectivity index (χ1) is 16.4. The average molecular weight is 447 g/mol. The Labute approximate surface area is 196 Å². The molecule has 34 heavy (non-hydrogen) atoms. The number of hydrogen-bond acceptors (Lipinski definition) is 4. The Morgan fingerprint density at radius 2 is 1.06 bits per heavy atom. The van der Waals surface area contributed by atoms with Gasteiger partial charge in [0.1, 0.15) is 0 Å². The molecule has 0 unspecified atom stereocenters. The van der Waals surface area contributed by atoms with E-state index >= 15 is 0 Å². The summed E-state index contributed by atoms with van der Waals surface area (Å²) in [5, 5.41) is 7.68. The lowest BCUT2D eigenvalue weighted by Gasteiger charge is -2.09. The smallest absolute Gasteiger partial charge is 0.255 e. The van der Waals surface area contributed by atoms with E-state index < -0.39 is 0 Å². The van der Waals surface area contributed by atoms with Crippen LogP contribution in [0.3, 0.4) is 0 Å². The largest absolute Gasteiger partial charge is 0.322 e. The van der Waals surface area contributed by atoms with Crippen LogP contribution in [-0.2, 0) is 0 Å². The van der Waals surface area contributed by atoms with E-state index in [1.807, 2.05) is 74.5 Å². The number of nitrogens with one attached hydrogen (secondary N) is 2. The molecule has 5 rings (SSSR count). The number of rotatable bonds is 4. The molecule has 6 nitrogen and oxygen atoms in total. The molecule has 0 spiro atoms. The summed E-state index contributed by atoms with van der Waals surface area (Å²) < 4.78 is 0. The first kappa shape index (κ1) is 21.3. The van der Waals surface area contributed by atoms with Gasteiger partial charge in [0.25, 0.3) is 11.8 Å². The Balaban J connectivity index is 1.32. The molecule has 0 aliphatic rings. The Morgan fingerprint density at radius 1 is 0.588 bits per heavy atom. The minimum absolute atomic E-state index is 0.291. The third-order valence-electron chi connectivity index (χ3n) is 5.56. The third kappa shape index (κ3) is 4.47. The second kappa shape index (κ2) is 8.75. The van der Waals surface area contributed by atoms with Gasteiger partial charge in [0, 0.05) is 44.7 Å². The number of benzene rings is 3. The van der Waals surface area contributed by atoms with Gasteiger partial charge in [0.15, 0.2) is 0 Å². The highest BCUT2D eigenvalue weighted by atomic mass is 16.2. The molecule has 2 heterocycles. The van der Waals surface area contributed by atoms with E-state index in [1.165, 1.54) is 0 Å². The molecule has 0 radical (unpaired) electrons. The molecule has 0 saturated heterocycles. The molecule has 6 heteroatoms. The molecule has 0 fully saturated rings. The van der Waals surface area contributed by atoms with Crippen molar-refractivity contribution in [3.05, 3.63) is 107 Å². The van der Waals surface area contributed by atoms with Gasteiger partial charge in [-0.25, -0.2) is 0 Å². The zero-order chi connectivity index (χ0) is 23.7. The first-order valence-electron chi connectivity index (χ1n) is 10.9. The van der Waals surface area contributed by atoms with Gasteiger partial charge in [-0.1, -0.05) is 18.2 Å². The highest BCUT2D eigenvalue weighted by molar-refractivity contribution is 6.09. The molecule has 0 saturated carbocycles. The lowest BCUT2D eigenvalue weighted by atomic mass is 10.1. The van der Waals surface area contributed by atoms with Crippen LogP contribution in [0, 0.1) is 13.8 Å². The Kier molecular flexibility index (Phi) is 5.47. The average Bonchev–Trinajstić information content (AvgIpc) is 2.84. The van der Waals surface area contributed by atoms with Crippen molar-refractivity contribution in [1.82, 2.24) is 9.97 Å². The van der Waals surface area contributed by atoms with E-state index in [-0.39, 0.29) is 11.8 Å². The second-order valence-corrected chi connectivity index (χ2v) is 8.21. The van der Waals surface area contributed by atoms with Gasteiger partial charge >= 0.3 is 0 Å². The summed E-state index contributed by atoms with van der Waals surface area (Å²) in [7, 11) is 0. The number of carbonyl (C=O) groups is 2. The summed E-state index contributed by atoms with van der Waals surface area (Å²) in [5.74, 6) is -0.581. The van der Waals surface area contributed by atoms with Crippen LogP contribution in [0.5, 0.6) is 0 Å². The molecule has 5 aromatic rings. The van der Waals surface area contributed by atoms with Crippen LogP contribution in [0.2, 0.25) is 0 Å². The summed E-state index contributed by atoms with van der Waals surface area (Å²) in [5.41, 5.74) is 5.74. The van der Waals surface area contributed by atoms with E-state index in [4.69, 9.17) is 0 Å². The van der Waals surface area contributed by atoms with Crippen molar-refractivity contribution in [2.45, 2.75) is 13.8 Å². The molecule has 0 aliphatic carbocycles. The quantitative estimate of drug-likeness (QED) is 0.360. The molecule has 0 atom stereocenters. The lowest BCUT2D eigenvalue weighted by molar-refractivity contribution is 0.102. The van der Waals surface area contributed by atoms with E-state index in [0.29, 0.717) is 22.5 Å². The lowest BCUT2D eigenvalue weighted by Crippen LogP contribution is -2.15. The number of carbonyl (C=O) groups excluding carboxylic acids is 2. The molecule has 2 aromatic heterocycles. The molecule has 2 amide bonds. The van der Waals surface area contributed by atoms with Crippen molar-refractivity contribution in [2.24, 2.45) is 0 Å². The van der Waals surface area contributed by atoms with Crippen LogP contribution in [0.25, 0.3) is 21.8 Å². The molecular formula is C28H22N4O2. The van der Waals surface area contributed by atoms with Crippen molar-refractivity contribution < 1.29 is 9.59 Å². The van der Waals surface area contributed by atoms with Crippen molar-refractivity contribution >= 4 is 45.0 Å². The van der Waals surface area contributed by atoms with Crippen molar-refractivity contribution in [2.75, 3.05) is 10.6 Å². The van der Waals surface area contributed by atoms with Gasteiger partial charge < -0.3 is 10.6 Å². The summed E-state index contributed by atoms with van der Waals surface area (Å²) in [6, 6.07) is 25.6. The van der Waals surface area contributed by atoms with Crippen molar-refractivity contribution in [3.63, 3.8) is 0 Å². The maximum atomic E-state index is 12.8. The number of hydrogen-bond donors (Lipinski definition) is 2. The minimum atomic E-state index is -0.291. The van der Waals surface area contributed by atoms with Crippen LogP contribution in [0.4, 0.5) is 11.4 Å². The highest BCUT2D eigenvalue weighted by Gasteiger charge is 2.12. The fraction of sp³-hybridized carbons (Fsp3) is 0.0714. The molecule has 3 aromatic carbocycles. The number of fused-ring (bicyclic) bond motifs is 2. The molecular weight excluding hydrogens is 424 g/mol. The fourth-order valence-corrected chi connectivity index (χ4v) is 3.82. The summed E-state index contributed by atoms with van der Waals surface area (Å²) in [4.78, 5) is 34.7. The van der Waals surface area contributed by atoms with E-state index in [2.05, 4.69) is 20.6 Å². The van der Waals surface area contributed by atoms with Crippen molar-refractivity contribution in [3.8, 4) is 0 Å². The van der Waals surface area contributed by atoms with Gasteiger partial charge in [0.05, 0.1) is 11.0 Å². The van der Waals surface area contributed by atoms with Crippen LogP contribution in [-0.4, -0.2) is 21.8 Å². The molecule has 0 aliphatic heterocycles. The molecule has 166 valence electrons. The van der Waals surface area contributed by atoms with Crippen LogP contribution in [0.15, 0.2) is 84.9 Å². The number of aryl methyl sites for hydroxylation is 2. The Morgan fingerprint density at radius 3 is 1.53 bits per heavy atom. The Bertz CT molecular complexity index is 1460. The predicted molar refractivity (Wildman–Crippen MR) is 135 cm³/mol. The van der Waals surface area contributed by atoms with Gasteiger partial charge in [-0.2, -0.15) is 0 Å². The predicted octanol–water partition coefficient (Wildman–Crippen LogP) is 5.90. The number of anilines is 2. The number of aromatic nitrogens is 2. The number of pyridine rings is 2. The van der Waals surface area contributed by atoms with Gasteiger partial charge in [0.2, 0.25) is 0 Å². The first-order valence-corrected chi connectivity index (χ1v) is 10.9. The maximum absolute atomic E-state index is 12.8. The monoisotopic (exact) mass is 446 g/mol.